The quantitative estimate of drug-likeness (QED) is 0.712. The van der Waals surface area contributed by atoms with Gasteiger partial charge in [-0.1, -0.05) is 19.8 Å². The van der Waals surface area contributed by atoms with Crippen molar-refractivity contribution in [2.75, 3.05) is 39.4 Å². The molecule has 2 aliphatic heterocycles. The summed E-state index contributed by atoms with van der Waals surface area (Å²) in [4.78, 5) is 19.8. The summed E-state index contributed by atoms with van der Waals surface area (Å²) >= 11 is 0. The maximum absolute atomic E-state index is 12.7. The Hall–Kier alpha value is -1.27. The molecule has 0 aromatic rings. The molecule has 6 heteroatoms. The zero-order valence-electron chi connectivity index (χ0n) is 16.7. The number of carbonyl (C=O) groups excluding carboxylic acids is 1. The second-order valence-corrected chi connectivity index (χ2v) is 7.85. The predicted molar refractivity (Wildman–Crippen MR) is 101 cm³/mol. The highest BCUT2D eigenvalue weighted by atomic mass is 16.5. The number of nitrogens with zero attached hydrogens (tertiary/aromatic N) is 3. The molecule has 1 N–H and O–H groups in total. The van der Waals surface area contributed by atoms with Gasteiger partial charge in [0.2, 0.25) is 0 Å². The molecule has 2 aliphatic rings. The molecule has 0 aromatic carbocycles. The van der Waals surface area contributed by atoms with Crippen LogP contribution in [0.15, 0.2) is 11.9 Å². The molecule has 2 rings (SSSR count). The first-order valence-corrected chi connectivity index (χ1v) is 9.77. The Kier molecular flexibility index (Phi) is 7.14. The van der Waals surface area contributed by atoms with E-state index in [-0.39, 0.29) is 17.7 Å². The van der Waals surface area contributed by atoms with Gasteiger partial charge in [0, 0.05) is 37.9 Å². The first kappa shape index (κ1) is 20.0. The first-order chi connectivity index (χ1) is 11.9. The molecule has 1 saturated heterocycles. The van der Waals surface area contributed by atoms with E-state index in [9.17, 15) is 4.79 Å². The average molecular weight is 353 g/mol. The molecule has 0 spiro atoms. The summed E-state index contributed by atoms with van der Waals surface area (Å²) in [5, 5.41) is 2.98. The summed E-state index contributed by atoms with van der Waals surface area (Å²) in [7, 11) is 0. The number of carbonyl (C=O) groups is 1. The lowest BCUT2D eigenvalue weighted by molar-refractivity contribution is -0.121. The summed E-state index contributed by atoms with van der Waals surface area (Å²) < 4.78 is 5.55. The van der Waals surface area contributed by atoms with Crippen LogP contribution in [0.25, 0.3) is 0 Å². The van der Waals surface area contributed by atoms with E-state index in [1.54, 1.807) is 0 Å². The molecule has 0 radical (unpaired) electrons. The first-order valence-electron chi connectivity index (χ1n) is 9.77. The molecule has 144 valence electrons. The van der Waals surface area contributed by atoms with Crippen molar-refractivity contribution in [2.24, 2.45) is 0 Å². The number of likely N-dealkylation sites (N-methyl/N-ethyl adjacent to an activating group) is 1. The normalized spacial score (nSPS) is 22.3. The van der Waals surface area contributed by atoms with Crippen LogP contribution >= 0.6 is 0 Å². The Bertz CT molecular complexity index is 467. The third-order valence-electron chi connectivity index (χ3n) is 4.82. The van der Waals surface area contributed by atoms with Crippen LogP contribution in [0.5, 0.6) is 0 Å². The van der Waals surface area contributed by atoms with Gasteiger partial charge < -0.3 is 19.9 Å². The fourth-order valence-corrected chi connectivity index (χ4v) is 3.48. The van der Waals surface area contributed by atoms with Crippen molar-refractivity contribution >= 4 is 5.91 Å². The lowest BCUT2D eigenvalue weighted by Crippen LogP contribution is -2.60. The van der Waals surface area contributed by atoms with Crippen molar-refractivity contribution in [3.8, 4) is 0 Å². The fourth-order valence-electron chi connectivity index (χ4n) is 3.48. The van der Waals surface area contributed by atoms with Gasteiger partial charge in [0.25, 0.3) is 5.91 Å². The van der Waals surface area contributed by atoms with Crippen molar-refractivity contribution in [1.82, 2.24) is 20.0 Å². The molecule has 0 saturated carbocycles. The second kappa shape index (κ2) is 8.90. The highest BCUT2D eigenvalue weighted by Gasteiger charge is 2.43. The average Bonchev–Trinajstić information content (AvgIpc) is 2.96. The minimum atomic E-state index is -0.0553. The topological polar surface area (TPSA) is 48.1 Å². The number of ether oxygens (including phenoxy) is 1. The van der Waals surface area contributed by atoms with Gasteiger partial charge >= 0.3 is 0 Å². The van der Waals surface area contributed by atoms with Crippen LogP contribution in [0.3, 0.4) is 0 Å². The third-order valence-corrected chi connectivity index (χ3v) is 4.82. The number of rotatable bonds is 7. The van der Waals surface area contributed by atoms with Crippen molar-refractivity contribution in [3.05, 3.63) is 11.9 Å². The van der Waals surface area contributed by atoms with Crippen molar-refractivity contribution < 1.29 is 9.53 Å². The number of hydrogen-bond acceptors (Lipinski definition) is 5. The number of morpholine rings is 1. The van der Waals surface area contributed by atoms with Crippen LogP contribution < -0.4 is 5.32 Å². The molecule has 25 heavy (non-hydrogen) atoms. The van der Waals surface area contributed by atoms with Gasteiger partial charge in [-0.25, -0.2) is 0 Å². The standard InChI is InChI=1S/C19H36N4O2/c1-6-8-9-10-22-16(17(24)20-7-2)15-23(19(3,4)5)18(22)21-11-13-25-14-12-21/h15,18H,6-14H2,1-5H3,(H,20,24). The molecule has 0 bridgehead atoms. The molecule has 1 atom stereocenters. The summed E-state index contributed by atoms with van der Waals surface area (Å²) in [6, 6.07) is 0. The van der Waals surface area contributed by atoms with E-state index in [1.165, 1.54) is 12.8 Å². The zero-order chi connectivity index (χ0) is 18.4. The van der Waals surface area contributed by atoms with Crippen molar-refractivity contribution in [1.29, 1.82) is 0 Å². The van der Waals surface area contributed by atoms with Crippen molar-refractivity contribution in [2.45, 2.75) is 65.7 Å². The number of nitrogens with one attached hydrogen (secondary N) is 1. The molecular formula is C19H36N4O2. The van der Waals surface area contributed by atoms with E-state index in [0.29, 0.717) is 6.54 Å². The second-order valence-electron chi connectivity index (χ2n) is 7.85. The SMILES string of the molecule is CCCCCN1C(C(=O)NCC)=CN(C(C)(C)C)C1N1CCOCC1. The highest BCUT2D eigenvalue weighted by Crippen LogP contribution is 2.32. The van der Waals surface area contributed by atoms with Crippen LogP contribution in [0.1, 0.15) is 53.9 Å². The largest absolute Gasteiger partial charge is 0.379 e. The molecule has 2 heterocycles. The Morgan fingerprint density at radius 2 is 1.92 bits per heavy atom. The van der Waals surface area contributed by atoms with Gasteiger partial charge in [0.05, 0.1) is 13.2 Å². The summed E-state index contributed by atoms with van der Waals surface area (Å²) in [5.74, 6) is 0.0315. The molecule has 0 aliphatic carbocycles. The van der Waals surface area contributed by atoms with Gasteiger partial charge in [-0.15, -0.1) is 0 Å². The number of unbranched alkanes of at least 4 members (excludes halogenated alkanes) is 2. The zero-order valence-corrected chi connectivity index (χ0v) is 16.7. The predicted octanol–water partition coefficient (Wildman–Crippen LogP) is 2.19. The monoisotopic (exact) mass is 352 g/mol. The van der Waals surface area contributed by atoms with E-state index in [4.69, 9.17) is 4.74 Å². The molecule has 1 amide bonds. The Labute approximate surface area is 153 Å². The summed E-state index contributed by atoms with van der Waals surface area (Å²) in [5.41, 5.74) is 0.740. The maximum atomic E-state index is 12.7. The van der Waals surface area contributed by atoms with Gasteiger partial charge in [0.1, 0.15) is 5.70 Å². The van der Waals surface area contributed by atoms with Gasteiger partial charge in [-0.05, 0) is 34.1 Å². The fraction of sp³-hybridized carbons (Fsp3) is 0.842. The third kappa shape index (κ3) is 4.88. The van der Waals surface area contributed by atoms with E-state index in [0.717, 1.165) is 45.0 Å². The minimum Gasteiger partial charge on any atom is -0.379 e. The number of hydrogen-bond donors (Lipinski definition) is 1. The van der Waals surface area contributed by atoms with E-state index in [2.05, 4.69) is 53.9 Å². The Balaban J connectivity index is 2.30. The molecule has 6 nitrogen and oxygen atoms in total. The summed E-state index contributed by atoms with van der Waals surface area (Å²) in [6.45, 7) is 15.7. The lowest BCUT2D eigenvalue weighted by atomic mass is 10.1. The minimum absolute atomic E-state index is 0.0315. The number of amides is 1. The Morgan fingerprint density at radius 1 is 1.24 bits per heavy atom. The molecular weight excluding hydrogens is 316 g/mol. The molecule has 1 unspecified atom stereocenters. The molecule has 1 fully saturated rings. The van der Waals surface area contributed by atoms with Gasteiger partial charge in [-0.2, -0.15) is 0 Å². The molecule has 0 aromatic heterocycles. The highest BCUT2D eigenvalue weighted by molar-refractivity contribution is 5.93. The van der Waals surface area contributed by atoms with Crippen molar-refractivity contribution in [3.63, 3.8) is 0 Å². The van der Waals surface area contributed by atoms with Crippen LogP contribution in [0.4, 0.5) is 0 Å². The Morgan fingerprint density at radius 3 is 2.48 bits per heavy atom. The smallest absolute Gasteiger partial charge is 0.269 e. The van der Waals surface area contributed by atoms with E-state index < -0.39 is 0 Å². The maximum Gasteiger partial charge on any atom is 0.269 e. The van der Waals surface area contributed by atoms with Gasteiger partial charge in [0.15, 0.2) is 6.29 Å². The van der Waals surface area contributed by atoms with Crippen LogP contribution in [-0.4, -0.2) is 71.8 Å². The lowest BCUT2D eigenvalue weighted by Gasteiger charge is -2.47. The van der Waals surface area contributed by atoms with Crippen LogP contribution in [-0.2, 0) is 9.53 Å². The van der Waals surface area contributed by atoms with E-state index >= 15 is 0 Å². The van der Waals surface area contributed by atoms with Gasteiger partial charge in [-0.3, -0.25) is 9.69 Å². The van der Waals surface area contributed by atoms with E-state index in [1.807, 2.05) is 6.92 Å². The van der Waals surface area contributed by atoms with Crippen LogP contribution in [0, 0.1) is 0 Å². The van der Waals surface area contributed by atoms with Crippen LogP contribution in [0.2, 0.25) is 0 Å². The summed E-state index contributed by atoms with van der Waals surface area (Å²) in [6.07, 6.45) is 5.63.